The van der Waals surface area contributed by atoms with Crippen LogP contribution in [0.2, 0.25) is 0 Å². The smallest absolute Gasteiger partial charge is 0.340 e. The Morgan fingerprint density at radius 2 is 1.85 bits per heavy atom. The van der Waals surface area contributed by atoms with Crippen molar-refractivity contribution in [1.82, 2.24) is 14.5 Å². The standard InChI is InChI=1S/C19H19F3N4/c1-12(2)13-4-6-16(15(8-13)17-10-26(3)11-24-17)25-18-7-5-14(9-23-18)19(20,21)22/h4-12H,1-3H3,(H,23,25). The van der Waals surface area contributed by atoms with E-state index in [9.17, 15) is 13.2 Å². The summed E-state index contributed by atoms with van der Waals surface area (Å²) in [5, 5.41) is 3.10. The molecule has 0 aliphatic rings. The lowest BCUT2D eigenvalue weighted by atomic mass is 9.98. The van der Waals surface area contributed by atoms with Crippen molar-refractivity contribution >= 4 is 11.5 Å². The van der Waals surface area contributed by atoms with E-state index in [1.165, 1.54) is 6.07 Å². The Labute approximate surface area is 149 Å². The fourth-order valence-electron chi connectivity index (χ4n) is 2.57. The quantitative estimate of drug-likeness (QED) is 0.680. The second kappa shape index (κ2) is 6.82. The monoisotopic (exact) mass is 360 g/mol. The predicted octanol–water partition coefficient (Wildman–Crippen LogP) is 5.37. The molecule has 3 aromatic rings. The van der Waals surface area contributed by atoms with Crippen LogP contribution in [0.3, 0.4) is 0 Å². The maximum Gasteiger partial charge on any atom is 0.417 e. The van der Waals surface area contributed by atoms with Crippen LogP contribution in [0.4, 0.5) is 24.7 Å². The van der Waals surface area contributed by atoms with Gasteiger partial charge in [-0.1, -0.05) is 19.9 Å². The molecule has 2 heterocycles. The largest absolute Gasteiger partial charge is 0.417 e. The van der Waals surface area contributed by atoms with E-state index >= 15 is 0 Å². The van der Waals surface area contributed by atoms with Gasteiger partial charge >= 0.3 is 6.18 Å². The van der Waals surface area contributed by atoms with Crippen LogP contribution in [-0.2, 0) is 13.2 Å². The summed E-state index contributed by atoms with van der Waals surface area (Å²) in [6.45, 7) is 4.20. The van der Waals surface area contributed by atoms with E-state index in [2.05, 4.69) is 29.1 Å². The molecule has 4 nitrogen and oxygen atoms in total. The van der Waals surface area contributed by atoms with Crippen LogP contribution in [0.5, 0.6) is 0 Å². The lowest BCUT2D eigenvalue weighted by Crippen LogP contribution is -2.06. The first-order valence-electron chi connectivity index (χ1n) is 8.16. The second-order valence-electron chi connectivity index (χ2n) is 6.44. The van der Waals surface area contributed by atoms with Crippen molar-refractivity contribution in [3.05, 3.63) is 60.2 Å². The molecule has 3 rings (SSSR count). The number of halogens is 3. The van der Waals surface area contributed by atoms with Crippen molar-refractivity contribution in [2.24, 2.45) is 7.05 Å². The van der Waals surface area contributed by atoms with Gasteiger partial charge in [-0.05, 0) is 35.7 Å². The van der Waals surface area contributed by atoms with Crippen LogP contribution >= 0.6 is 0 Å². The van der Waals surface area contributed by atoms with Crippen molar-refractivity contribution in [3.8, 4) is 11.3 Å². The first kappa shape index (κ1) is 18.0. The topological polar surface area (TPSA) is 42.7 Å². The highest BCUT2D eigenvalue weighted by Crippen LogP contribution is 2.33. The van der Waals surface area contributed by atoms with E-state index in [0.717, 1.165) is 34.8 Å². The molecule has 2 aromatic heterocycles. The third-order valence-corrected chi connectivity index (χ3v) is 4.04. The number of hydrogen-bond donors (Lipinski definition) is 1. The van der Waals surface area contributed by atoms with Crippen LogP contribution in [0.25, 0.3) is 11.3 Å². The third-order valence-electron chi connectivity index (χ3n) is 4.04. The molecule has 0 amide bonds. The van der Waals surface area contributed by atoms with Gasteiger partial charge < -0.3 is 9.88 Å². The average Bonchev–Trinajstić information content (AvgIpc) is 3.01. The van der Waals surface area contributed by atoms with Gasteiger partial charge in [-0.25, -0.2) is 9.97 Å². The van der Waals surface area contributed by atoms with Gasteiger partial charge in [0, 0.05) is 30.7 Å². The van der Waals surface area contributed by atoms with Crippen molar-refractivity contribution in [3.63, 3.8) is 0 Å². The van der Waals surface area contributed by atoms with Gasteiger partial charge in [0.15, 0.2) is 0 Å². The highest BCUT2D eigenvalue weighted by molar-refractivity contribution is 5.79. The molecule has 26 heavy (non-hydrogen) atoms. The number of anilines is 2. The lowest BCUT2D eigenvalue weighted by molar-refractivity contribution is -0.137. The third kappa shape index (κ3) is 3.87. The van der Waals surface area contributed by atoms with Crippen molar-refractivity contribution in [2.45, 2.75) is 25.9 Å². The Balaban J connectivity index is 1.96. The molecule has 1 N–H and O–H groups in total. The molecule has 0 bridgehead atoms. The van der Waals surface area contributed by atoms with Gasteiger partial charge in [0.25, 0.3) is 0 Å². The maximum absolute atomic E-state index is 12.7. The summed E-state index contributed by atoms with van der Waals surface area (Å²) in [6.07, 6.45) is 0.0250. The predicted molar refractivity (Wildman–Crippen MR) is 95.3 cm³/mol. The zero-order valence-electron chi connectivity index (χ0n) is 14.7. The van der Waals surface area contributed by atoms with Gasteiger partial charge in [0.2, 0.25) is 0 Å². The van der Waals surface area contributed by atoms with Crippen LogP contribution in [-0.4, -0.2) is 14.5 Å². The summed E-state index contributed by atoms with van der Waals surface area (Å²) >= 11 is 0. The number of hydrogen-bond acceptors (Lipinski definition) is 3. The fourth-order valence-corrected chi connectivity index (χ4v) is 2.57. The molecule has 0 aliphatic heterocycles. The number of nitrogens with one attached hydrogen (secondary N) is 1. The van der Waals surface area contributed by atoms with E-state index in [1.807, 2.05) is 36.0 Å². The molecule has 0 saturated carbocycles. The van der Waals surface area contributed by atoms with Gasteiger partial charge in [-0.15, -0.1) is 0 Å². The molecule has 0 spiro atoms. The van der Waals surface area contributed by atoms with Crippen LogP contribution in [0, 0.1) is 0 Å². The lowest BCUT2D eigenvalue weighted by Gasteiger charge is -2.14. The first-order chi connectivity index (χ1) is 12.2. The number of benzene rings is 1. The summed E-state index contributed by atoms with van der Waals surface area (Å²) in [5.74, 6) is 0.684. The van der Waals surface area contributed by atoms with Crippen LogP contribution in [0.15, 0.2) is 49.1 Å². The summed E-state index contributed by atoms with van der Waals surface area (Å²) < 4.78 is 39.9. The number of alkyl halides is 3. The first-order valence-corrected chi connectivity index (χ1v) is 8.16. The number of pyridine rings is 1. The molecule has 0 unspecified atom stereocenters. The molecule has 0 aliphatic carbocycles. The maximum atomic E-state index is 12.7. The SMILES string of the molecule is CC(C)c1ccc(Nc2ccc(C(F)(F)F)cn2)c(-c2cn(C)cn2)c1. The van der Waals surface area contributed by atoms with Gasteiger partial charge in [0.1, 0.15) is 5.82 Å². The molecule has 0 radical (unpaired) electrons. The summed E-state index contributed by atoms with van der Waals surface area (Å²) in [7, 11) is 1.88. The Morgan fingerprint density at radius 3 is 2.38 bits per heavy atom. The zero-order valence-corrected chi connectivity index (χ0v) is 14.7. The van der Waals surface area contributed by atoms with E-state index in [4.69, 9.17) is 0 Å². The summed E-state index contributed by atoms with van der Waals surface area (Å²) in [4.78, 5) is 8.27. The van der Waals surface area contributed by atoms with E-state index in [-0.39, 0.29) is 0 Å². The second-order valence-corrected chi connectivity index (χ2v) is 6.44. The van der Waals surface area contributed by atoms with Crippen LogP contribution < -0.4 is 5.32 Å². The van der Waals surface area contributed by atoms with Crippen molar-refractivity contribution in [1.29, 1.82) is 0 Å². The van der Waals surface area contributed by atoms with E-state index in [1.54, 1.807) is 6.33 Å². The minimum Gasteiger partial charge on any atom is -0.340 e. The minimum atomic E-state index is -4.40. The number of aromatic nitrogens is 3. The Hall–Kier alpha value is -2.83. The Bertz CT molecular complexity index is 896. The molecule has 0 saturated heterocycles. The fraction of sp³-hybridized carbons (Fsp3) is 0.263. The molecule has 1 aromatic carbocycles. The molecule has 136 valence electrons. The molecule has 0 fully saturated rings. The van der Waals surface area contributed by atoms with Gasteiger partial charge in [-0.3, -0.25) is 0 Å². The number of nitrogens with zero attached hydrogens (tertiary/aromatic N) is 3. The number of rotatable bonds is 4. The van der Waals surface area contributed by atoms with Gasteiger partial charge in [-0.2, -0.15) is 13.2 Å². The van der Waals surface area contributed by atoms with E-state index in [0.29, 0.717) is 11.7 Å². The van der Waals surface area contributed by atoms with Crippen LogP contribution in [0.1, 0.15) is 30.9 Å². The average molecular weight is 360 g/mol. The molecular weight excluding hydrogens is 341 g/mol. The molecule has 7 heteroatoms. The summed E-state index contributed by atoms with van der Waals surface area (Å²) in [5.41, 5.74) is 2.77. The van der Waals surface area contributed by atoms with Crippen molar-refractivity contribution in [2.75, 3.05) is 5.32 Å². The highest BCUT2D eigenvalue weighted by Gasteiger charge is 2.30. The van der Waals surface area contributed by atoms with Crippen molar-refractivity contribution < 1.29 is 13.2 Å². The molecule has 0 atom stereocenters. The Morgan fingerprint density at radius 1 is 1.08 bits per heavy atom. The minimum absolute atomic E-state index is 0.340. The normalized spacial score (nSPS) is 11.8. The van der Waals surface area contributed by atoms with E-state index < -0.39 is 11.7 Å². The number of aryl methyl sites for hydroxylation is 1. The highest BCUT2D eigenvalue weighted by atomic mass is 19.4. The Kier molecular flexibility index (Phi) is 4.71. The molecular formula is C19H19F3N4. The van der Waals surface area contributed by atoms with Gasteiger partial charge in [0.05, 0.1) is 17.6 Å². The summed E-state index contributed by atoms with van der Waals surface area (Å²) in [6, 6.07) is 8.27. The number of imidazole rings is 1. The zero-order chi connectivity index (χ0) is 18.9.